The first-order valence-electron chi connectivity index (χ1n) is 5.78. The van der Waals surface area contributed by atoms with Gasteiger partial charge in [-0.15, -0.1) is 0 Å². The van der Waals surface area contributed by atoms with Gasteiger partial charge < -0.3 is 20.5 Å². The van der Waals surface area contributed by atoms with Crippen molar-refractivity contribution in [1.29, 1.82) is 0 Å². The van der Waals surface area contributed by atoms with Crippen LogP contribution in [0.1, 0.15) is 0 Å². The second kappa shape index (κ2) is 5.64. The van der Waals surface area contributed by atoms with E-state index in [1.54, 1.807) is 12.1 Å². The third-order valence-electron chi connectivity index (χ3n) is 2.75. The number of nitrogens with one attached hydrogen (secondary N) is 1. The van der Waals surface area contributed by atoms with E-state index in [1.807, 2.05) is 0 Å². The molecule has 20 heavy (non-hydrogen) atoms. The summed E-state index contributed by atoms with van der Waals surface area (Å²) in [7, 11) is 2.96. The van der Waals surface area contributed by atoms with Gasteiger partial charge in [0.2, 0.25) is 0 Å². The van der Waals surface area contributed by atoms with Gasteiger partial charge in [0, 0.05) is 18.2 Å². The Bertz CT molecular complexity index is 633. The Labute approximate surface area is 115 Å². The van der Waals surface area contributed by atoms with Crippen molar-refractivity contribution < 1.29 is 18.3 Å². The molecule has 0 aliphatic heterocycles. The van der Waals surface area contributed by atoms with Gasteiger partial charge in [-0.25, -0.2) is 8.78 Å². The first-order chi connectivity index (χ1) is 9.55. The summed E-state index contributed by atoms with van der Waals surface area (Å²) in [4.78, 5) is 0. The van der Waals surface area contributed by atoms with Crippen LogP contribution in [-0.4, -0.2) is 14.2 Å². The molecular formula is C14H14F2N2O2. The summed E-state index contributed by atoms with van der Waals surface area (Å²) < 4.78 is 37.0. The normalized spacial score (nSPS) is 10.2. The monoisotopic (exact) mass is 280 g/mol. The molecule has 0 aliphatic rings. The maximum absolute atomic E-state index is 13.6. The zero-order chi connectivity index (χ0) is 14.7. The minimum absolute atomic E-state index is 0.0103. The molecule has 0 spiro atoms. The smallest absolute Gasteiger partial charge is 0.162 e. The molecule has 2 rings (SSSR count). The van der Waals surface area contributed by atoms with Gasteiger partial charge in [0.1, 0.15) is 11.6 Å². The van der Waals surface area contributed by atoms with Crippen molar-refractivity contribution in [3.63, 3.8) is 0 Å². The van der Waals surface area contributed by atoms with Gasteiger partial charge >= 0.3 is 0 Å². The third-order valence-corrected chi connectivity index (χ3v) is 2.75. The number of benzene rings is 2. The fraction of sp³-hybridized carbons (Fsp3) is 0.143. The lowest BCUT2D eigenvalue weighted by atomic mass is 10.2. The average Bonchev–Trinajstić information content (AvgIpc) is 2.44. The molecule has 0 radical (unpaired) electrons. The number of anilines is 3. The van der Waals surface area contributed by atoms with Crippen LogP contribution in [0.2, 0.25) is 0 Å². The molecule has 3 N–H and O–H groups in total. The van der Waals surface area contributed by atoms with Crippen LogP contribution in [0.5, 0.6) is 11.5 Å². The van der Waals surface area contributed by atoms with Crippen molar-refractivity contribution in [2.45, 2.75) is 0 Å². The lowest BCUT2D eigenvalue weighted by Gasteiger charge is -2.14. The highest BCUT2D eigenvalue weighted by atomic mass is 19.1. The van der Waals surface area contributed by atoms with E-state index in [0.29, 0.717) is 22.9 Å². The molecule has 0 bridgehead atoms. The average molecular weight is 280 g/mol. The molecule has 0 unspecified atom stereocenters. The van der Waals surface area contributed by atoms with Gasteiger partial charge in [-0.3, -0.25) is 0 Å². The molecule has 0 saturated heterocycles. The van der Waals surface area contributed by atoms with Crippen LogP contribution in [0.25, 0.3) is 0 Å². The van der Waals surface area contributed by atoms with Gasteiger partial charge in [-0.2, -0.15) is 0 Å². The van der Waals surface area contributed by atoms with Crippen LogP contribution in [0.3, 0.4) is 0 Å². The van der Waals surface area contributed by atoms with Crippen LogP contribution in [0, 0.1) is 11.6 Å². The highest BCUT2D eigenvalue weighted by Gasteiger charge is 2.11. The molecular weight excluding hydrogens is 266 g/mol. The number of hydrogen-bond donors (Lipinski definition) is 2. The summed E-state index contributed by atoms with van der Waals surface area (Å²) in [5.41, 5.74) is 6.55. The quantitative estimate of drug-likeness (QED) is 0.844. The Hall–Kier alpha value is -2.50. The van der Waals surface area contributed by atoms with Crippen molar-refractivity contribution >= 4 is 17.1 Å². The summed E-state index contributed by atoms with van der Waals surface area (Å²) in [5, 5.41) is 2.73. The number of rotatable bonds is 4. The molecule has 2 aromatic carbocycles. The number of halogens is 2. The zero-order valence-electron chi connectivity index (χ0n) is 11.0. The van der Waals surface area contributed by atoms with Gasteiger partial charge in [-0.05, 0) is 12.1 Å². The van der Waals surface area contributed by atoms with E-state index in [2.05, 4.69) is 5.32 Å². The lowest BCUT2D eigenvalue weighted by molar-refractivity contribution is 0.355. The van der Waals surface area contributed by atoms with Crippen LogP contribution in [-0.2, 0) is 0 Å². The predicted molar refractivity (Wildman–Crippen MR) is 73.6 cm³/mol. The Morgan fingerprint density at radius 3 is 2.25 bits per heavy atom. The second-order valence-corrected chi connectivity index (χ2v) is 4.04. The molecule has 0 amide bonds. The van der Waals surface area contributed by atoms with Crippen LogP contribution >= 0.6 is 0 Å². The zero-order valence-corrected chi connectivity index (χ0v) is 11.0. The number of methoxy groups -OCH3 is 2. The summed E-state index contributed by atoms with van der Waals surface area (Å²) in [6, 6.07) is 6.22. The second-order valence-electron chi connectivity index (χ2n) is 4.04. The molecule has 0 saturated carbocycles. The van der Waals surface area contributed by atoms with Crippen LogP contribution in [0.15, 0.2) is 30.3 Å². The van der Waals surface area contributed by atoms with Crippen molar-refractivity contribution in [3.05, 3.63) is 42.0 Å². The minimum atomic E-state index is -0.583. The van der Waals surface area contributed by atoms with Gasteiger partial charge in [0.05, 0.1) is 31.3 Å². The molecule has 2 aromatic rings. The molecule has 0 atom stereocenters. The molecule has 0 aromatic heterocycles. The molecule has 0 heterocycles. The molecule has 4 nitrogen and oxygen atoms in total. The Balaban J connectivity index is 2.40. The molecule has 0 aliphatic carbocycles. The van der Waals surface area contributed by atoms with E-state index >= 15 is 0 Å². The van der Waals surface area contributed by atoms with Crippen molar-refractivity contribution in [2.75, 3.05) is 25.3 Å². The SMILES string of the molecule is COc1cc(N)c(Nc2cc(F)ccc2F)cc1OC. The van der Waals surface area contributed by atoms with E-state index in [9.17, 15) is 8.78 Å². The van der Waals surface area contributed by atoms with Crippen molar-refractivity contribution in [1.82, 2.24) is 0 Å². The Morgan fingerprint density at radius 1 is 0.950 bits per heavy atom. The Morgan fingerprint density at radius 2 is 1.60 bits per heavy atom. The number of nitrogens with two attached hydrogens (primary N) is 1. The number of ether oxygens (including phenoxy) is 2. The summed E-state index contributed by atoms with van der Waals surface area (Å²) in [6.45, 7) is 0. The fourth-order valence-electron chi connectivity index (χ4n) is 1.74. The maximum atomic E-state index is 13.6. The first kappa shape index (κ1) is 13.9. The first-order valence-corrected chi connectivity index (χ1v) is 5.78. The van der Waals surface area contributed by atoms with Gasteiger partial charge in [0.25, 0.3) is 0 Å². The van der Waals surface area contributed by atoms with Gasteiger partial charge in [-0.1, -0.05) is 0 Å². The van der Waals surface area contributed by atoms with E-state index in [0.717, 1.165) is 18.2 Å². The van der Waals surface area contributed by atoms with Gasteiger partial charge in [0.15, 0.2) is 11.5 Å². The van der Waals surface area contributed by atoms with Crippen LogP contribution < -0.4 is 20.5 Å². The van der Waals surface area contributed by atoms with Crippen molar-refractivity contribution in [2.24, 2.45) is 0 Å². The number of nitrogen functional groups attached to an aromatic ring is 1. The highest BCUT2D eigenvalue weighted by molar-refractivity contribution is 5.76. The maximum Gasteiger partial charge on any atom is 0.162 e. The highest BCUT2D eigenvalue weighted by Crippen LogP contribution is 2.36. The van der Waals surface area contributed by atoms with E-state index in [-0.39, 0.29) is 5.69 Å². The topological polar surface area (TPSA) is 56.5 Å². The van der Waals surface area contributed by atoms with E-state index < -0.39 is 11.6 Å². The number of hydrogen-bond acceptors (Lipinski definition) is 4. The van der Waals surface area contributed by atoms with E-state index in [4.69, 9.17) is 15.2 Å². The largest absolute Gasteiger partial charge is 0.493 e. The lowest BCUT2D eigenvalue weighted by Crippen LogP contribution is -2.01. The molecule has 106 valence electrons. The summed E-state index contributed by atoms with van der Waals surface area (Å²) in [5.74, 6) is -0.246. The Kier molecular flexibility index (Phi) is 3.93. The van der Waals surface area contributed by atoms with Crippen molar-refractivity contribution in [3.8, 4) is 11.5 Å². The predicted octanol–water partition coefficient (Wildman–Crippen LogP) is 3.31. The fourth-order valence-corrected chi connectivity index (χ4v) is 1.74. The molecule has 0 fully saturated rings. The minimum Gasteiger partial charge on any atom is -0.493 e. The third kappa shape index (κ3) is 2.74. The standard InChI is InChI=1S/C14H14F2N2O2/c1-19-13-6-10(17)12(7-14(13)20-2)18-11-5-8(15)3-4-9(11)16/h3-7,18H,17H2,1-2H3. The molecule has 6 heteroatoms. The van der Waals surface area contributed by atoms with E-state index in [1.165, 1.54) is 14.2 Å². The summed E-state index contributed by atoms with van der Waals surface area (Å²) in [6.07, 6.45) is 0. The summed E-state index contributed by atoms with van der Waals surface area (Å²) >= 11 is 0. The van der Waals surface area contributed by atoms with Crippen LogP contribution in [0.4, 0.5) is 25.8 Å².